The van der Waals surface area contributed by atoms with Crippen LogP contribution in [0.2, 0.25) is 5.02 Å². The van der Waals surface area contributed by atoms with E-state index in [1.54, 1.807) is 17.3 Å². The minimum atomic E-state index is -3.36. The molecule has 1 unspecified atom stereocenters. The Bertz CT molecular complexity index is 888. The average molecular weight is 384 g/mol. The zero-order valence-electron chi connectivity index (χ0n) is 13.4. The second-order valence-electron chi connectivity index (χ2n) is 6.11. The predicted octanol–water partition coefficient (Wildman–Crippen LogP) is 0.531. The quantitative estimate of drug-likeness (QED) is 0.510. The highest BCUT2D eigenvalue weighted by atomic mass is 35.5. The van der Waals surface area contributed by atoms with Crippen LogP contribution in [-0.4, -0.2) is 32.6 Å². The van der Waals surface area contributed by atoms with Gasteiger partial charge in [-0.1, -0.05) is 11.6 Å². The number of aliphatic imine (C=N–C) groups is 1. The Hall–Kier alpha value is -2.26. The minimum absolute atomic E-state index is 0.133. The molecule has 1 fully saturated rings. The van der Waals surface area contributed by atoms with Crippen LogP contribution in [0.1, 0.15) is 12.8 Å². The Kier molecular flexibility index (Phi) is 4.38. The lowest BCUT2D eigenvalue weighted by atomic mass is 10.0. The minimum Gasteiger partial charge on any atom is -0.370 e. The first kappa shape index (κ1) is 17.6. The SMILES string of the molecule is CS(=O)(=O)c1ccc(N2NC=C(C(=O)N=C(N)N)C2C2CC2)c(Cl)c1. The summed E-state index contributed by atoms with van der Waals surface area (Å²) in [6, 6.07) is 4.23. The maximum absolute atomic E-state index is 12.3. The van der Waals surface area contributed by atoms with Crippen molar-refractivity contribution in [3.63, 3.8) is 0 Å². The Morgan fingerprint density at radius 1 is 1.36 bits per heavy atom. The van der Waals surface area contributed by atoms with Gasteiger partial charge in [-0.05, 0) is 37.0 Å². The van der Waals surface area contributed by atoms with E-state index in [0.717, 1.165) is 19.1 Å². The van der Waals surface area contributed by atoms with Crippen LogP contribution in [0.5, 0.6) is 0 Å². The van der Waals surface area contributed by atoms with E-state index in [-0.39, 0.29) is 27.8 Å². The highest BCUT2D eigenvalue weighted by Crippen LogP contribution is 2.43. The molecule has 0 radical (unpaired) electrons. The molecule has 1 heterocycles. The number of nitrogens with zero attached hydrogens (tertiary/aromatic N) is 2. The topological polar surface area (TPSA) is 131 Å². The van der Waals surface area contributed by atoms with Gasteiger partial charge >= 0.3 is 0 Å². The van der Waals surface area contributed by atoms with E-state index >= 15 is 0 Å². The zero-order valence-corrected chi connectivity index (χ0v) is 15.0. The molecule has 10 heteroatoms. The molecule has 0 aromatic heterocycles. The van der Waals surface area contributed by atoms with E-state index in [2.05, 4.69) is 10.4 Å². The number of benzene rings is 1. The highest BCUT2D eigenvalue weighted by Gasteiger charge is 2.43. The molecular weight excluding hydrogens is 366 g/mol. The number of anilines is 1. The van der Waals surface area contributed by atoms with Crippen molar-refractivity contribution in [2.24, 2.45) is 22.4 Å². The molecule has 1 aliphatic heterocycles. The van der Waals surface area contributed by atoms with Gasteiger partial charge in [0, 0.05) is 12.5 Å². The molecule has 3 rings (SSSR count). The summed E-state index contributed by atoms with van der Waals surface area (Å²) >= 11 is 6.30. The van der Waals surface area contributed by atoms with Crippen LogP contribution in [0.4, 0.5) is 5.69 Å². The molecule has 2 aliphatic rings. The third-order valence-electron chi connectivity index (χ3n) is 4.11. The summed E-state index contributed by atoms with van der Waals surface area (Å²) in [6.07, 6.45) is 4.61. The Morgan fingerprint density at radius 2 is 2.04 bits per heavy atom. The van der Waals surface area contributed by atoms with Crippen molar-refractivity contribution >= 4 is 39.0 Å². The maximum Gasteiger partial charge on any atom is 0.279 e. The van der Waals surface area contributed by atoms with Gasteiger partial charge in [0.15, 0.2) is 15.8 Å². The van der Waals surface area contributed by atoms with Gasteiger partial charge < -0.3 is 16.9 Å². The number of guanidine groups is 1. The number of sulfone groups is 1. The summed E-state index contributed by atoms with van der Waals surface area (Å²) in [5.41, 5.74) is 14.6. The molecule has 5 N–H and O–H groups in total. The highest BCUT2D eigenvalue weighted by molar-refractivity contribution is 7.90. The van der Waals surface area contributed by atoms with Crippen LogP contribution < -0.4 is 21.9 Å². The number of halogens is 1. The van der Waals surface area contributed by atoms with Crippen molar-refractivity contribution in [2.45, 2.75) is 23.8 Å². The monoisotopic (exact) mass is 383 g/mol. The molecule has 1 aliphatic carbocycles. The summed E-state index contributed by atoms with van der Waals surface area (Å²) in [5.74, 6) is -0.532. The first-order chi connectivity index (χ1) is 11.7. The molecule has 0 bridgehead atoms. The van der Waals surface area contributed by atoms with Gasteiger partial charge in [0.05, 0.1) is 27.2 Å². The van der Waals surface area contributed by atoms with E-state index in [0.29, 0.717) is 11.3 Å². The normalized spacial score (nSPS) is 20.0. The Balaban J connectivity index is 1.94. The first-order valence-electron chi connectivity index (χ1n) is 7.57. The number of carbonyl (C=O) groups excluding carboxylic acids is 1. The van der Waals surface area contributed by atoms with Gasteiger partial charge in [0.1, 0.15) is 0 Å². The fraction of sp³-hybridized carbons (Fsp3) is 0.333. The Morgan fingerprint density at radius 3 is 2.56 bits per heavy atom. The second kappa shape index (κ2) is 6.23. The van der Waals surface area contributed by atoms with E-state index < -0.39 is 15.7 Å². The third kappa shape index (κ3) is 3.57. The molecule has 1 aromatic carbocycles. The van der Waals surface area contributed by atoms with Crippen LogP contribution >= 0.6 is 11.6 Å². The summed E-state index contributed by atoms with van der Waals surface area (Å²) in [5, 5.41) is 2.02. The van der Waals surface area contributed by atoms with Gasteiger partial charge in [-0.3, -0.25) is 9.80 Å². The van der Waals surface area contributed by atoms with Crippen LogP contribution in [0.15, 0.2) is 39.9 Å². The van der Waals surface area contributed by atoms with E-state index in [9.17, 15) is 13.2 Å². The number of amides is 1. The summed E-state index contributed by atoms with van der Waals surface area (Å²) < 4.78 is 23.3. The summed E-state index contributed by atoms with van der Waals surface area (Å²) in [4.78, 5) is 16.0. The summed E-state index contributed by atoms with van der Waals surface area (Å²) in [6.45, 7) is 0. The van der Waals surface area contributed by atoms with E-state index in [1.807, 2.05) is 0 Å². The molecule has 1 saturated carbocycles. The van der Waals surface area contributed by atoms with Gasteiger partial charge in [0.25, 0.3) is 5.91 Å². The van der Waals surface area contributed by atoms with Crippen molar-refractivity contribution < 1.29 is 13.2 Å². The van der Waals surface area contributed by atoms with Gasteiger partial charge in [-0.2, -0.15) is 4.99 Å². The standard InChI is InChI=1S/C15H18ClN5O3S/c1-25(23,24)9-4-5-12(11(16)6-9)21-13(8-2-3-8)10(7-19-21)14(22)20-15(17)18/h4-8,13,19H,2-3H2,1H3,(H4,17,18,20,22). The molecular formula is C15H18ClN5O3S. The Labute approximate surface area is 150 Å². The molecule has 1 atom stereocenters. The zero-order chi connectivity index (χ0) is 18.4. The number of carbonyl (C=O) groups is 1. The lowest BCUT2D eigenvalue weighted by Gasteiger charge is -2.29. The lowest BCUT2D eigenvalue weighted by molar-refractivity contribution is -0.114. The van der Waals surface area contributed by atoms with Crippen LogP contribution in [0.25, 0.3) is 0 Å². The average Bonchev–Trinajstić information content (AvgIpc) is 3.24. The number of hydrazine groups is 1. The molecule has 8 nitrogen and oxygen atoms in total. The van der Waals surface area contributed by atoms with Gasteiger partial charge in [0.2, 0.25) is 0 Å². The van der Waals surface area contributed by atoms with E-state index in [1.165, 1.54) is 12.1 Å². The second-order valence-corrected chi connectivity index (χ2v) is 8.53. The van der Waals surface area contributed by atoms with E-state index in [4.69, 9.17) is 23.1 Å². The molecule has 134 valence electrons. The fourth-order valence-corrected chi connectivity index (χ4v) is 3.81. The largest absolute Gasteiger partial charge is 0.370 e. The molecule has 0 spiro atoms. The fourth-order valence-electron chi connectivity index (χ4n) is 2.82. The van der Waals surface area contributed by atoms with Gasteiger partial charge in [-0.25, -0.2) is 8.42 Å². The third-order valence-corrected chi connectivity index (χ3v) is 5.52. The molecule has 0 saturated heterocycles. The first-order valence-corrected chi connectivity index (χ1v) is 9.84. The predicted molar refractivity (Wildman–Crippen MR) is 95.6 cm³/mol. The smallest absolute Gasteiger partial charge is 0.279 e. The lowest BCUT2D eigenvalue weighted by Crippen LogP contribution is -2.41. The summed E-state index contributed by atoms with van der Waals surface area (Å²) in [7, 11) is -3.36. The number of nitrogens with two attached hydrogens (primary N) is 2. The molecule has 1 amide bonds. The van der Waals surface area contributed by atoms with Crippen molar-refractivity contribution in [3.8, 4) is 0 Å². The van der Waals surface area contributed by atoms with Crippen LogP contribution in [-0.2, 0) is 14.6 Å². The van der Waals surface area contributed by atoms with Crippen molar-refractivity contribution in [3.05, 3.63) is 35.0 Å². The molecule has 1 aromatic rings. The number of hydrogen-bond acceptors (Lipinski definition) is 5. The number of nitrogens with one attached hydrogen (secondary N) is 1. The van der Waals surface area contributed by atoms with Crippen LogP contribution in [0, 0.1) is 5.92 Å². The van der Waals surface area contributed by atoms with Crippen molar-refractivity contribution in [1.29, 1.82) is 0 Å². The maximum atomic E-state index is 12.3. The van der Waals surface area contributed by atoms with Crippen molar-refractivity contribution in [2.75, 3.05) is 11.3 Å². The van der Waals surface area contributed by atoms with Crippen LogP contribution in [0.3, 0.4) is 0 Å². The van der Waals surface area contributed by atoms with Crippen molar-refractivity contribution in [1.82, 2.24) is 5.43 Å². The number of rotatable bonds is 4. The number of hydrogen-bond donors (Lipinski definition) is 3. The van der Waals surface area contributed by atoms with Gasteiger partial charge in [-0.15, -0.1) is 0 Å². The molecule has 25 heavy (non-hydrogen) atoms.